The molecule has 0 bridgehead atoms. The molecule has 0 atom stereocenters. The molecule has 6 rings (SSSR count). The average molecular weight is 635 g/mol. The molecule has 0 saturated carbocycles. The van der Waals surface area contributed by atoms with Gasteiger partial charge in [-0.2, -0.15) is 0 Å². The Labute approximate surface area is 282 Å². The summed E-state index contributed by atoms with van der Waals surface area (Å²) in [6.07, 6.45) is 4.44. The summed E-state index contributed by atoms with van der Waals surface area (Å²) in [4.78, 5) is 0. The van der Waals surface area contributed by atoms with Crippen molar-refractivity contribution in [2.75, 3.05) is 0 Å². The maximum atomic E-state index is 11.2. The van der Waals surface area contributed by atoms with Crippen LogP contribution in [0.15, 0.2) is 158 Å². The lowest BCUT2D eigenvalue weighted by molar-refractivity contribution is 0.284. The summed E-state index contributed by atoms with van der Waals surface area (Å²) in [7, 11) is 0. The SMILES string of the molecule is Oc1cc(OCc2ccccc2)cc(OCc2ccccc2)c1C/C=C/c1ccc(OCc2ccccc2)cc1OCc1ccccc1. The van der Waals surface area contributed by atoms with Gasteiger partial charge in [-0.05, 0) is 40.8 Å². The van der Waals surface area contributed by atoms with Gasteiger partial charge in [-0.1, -0.05) is 133 Å². The molecule has 0 fully saturated rings. The second-order valence-corrected chi connectivity index (χ2v) is 11.3. The third kappa shape index (κ3) is 9.30. The zero-order valence-electron chi connectivity index (χ0n) is 26.7. The highest BCUT2D eigenvalue weighted by Crippen LogP contribution is 2.36. The van der Waals surface area contributed by atoms with Gasteiger partial charge in [0.15, 0.2) is 0 Å². The lowest BCUT2D eigenvalue weighted by Crippen LogP contribution is -2.01. The molecule has 0 spiro atoms. The molecule has 0 unspecified atom stereocenters. The summed E-state index contributed by atoms with van der Waals surface area (Å²) in [5.41, 5.74) is 5.80. The number of hydrogen-bond donors (Lipinski definition) is 1. The standard InChI is InChI=1S/C43H38O5/c44-41-26-39(46-30-34-16-7-2-8-17-34)28-43(48-32-36-20-11-4-12-21-36)40(41)23-13-22-37-24-25-38(45-29-33-14-5-1-6-15-33)27-42(37)47-31-35-18-9-3-10-19-35/h1-22,24-28,44H,23,29-32H2/b22-13+. The second-order valence-electron chi connectivity index (χ2n) is 11.3. The Bertz CT molecular complexity index is 1890. The van der Waals surface area contributed by atoms with Gasteiger partial charge in [-0.15, -0.1) is 0 Å². The molecule has 0 aliphatic heterocycles. The van der Waals surface area contributed by atoms with Crippen LogP contribution in [0.5, 0.6) is 28.7 Å². The summed E-state index contributed by atoms with van der Waals surface area (Å²) in [6.45, 7) is 1.63. The first-order valence-electron chi connectivity index (χ1n) is 16.0. The molecular formula is C43H38O5. The molecule has 0 aliphatic rings. The highest BCUT2D eigenvalue weighted by atomic mass is 16.5. The predicted molar refractivity (Wildman–Crippen MR) is 190 cm³/mol. The van der Waals surface area contributed by atoms with Crippen LogP contribution in [0.2, 0.25) is 0 Å². The molecule has 48 heavy (non-hydrogen) atoms. The largest absolute Gasteiger partial charge is 0.507 e. The van der Waals surface area contributed by atoms with Gasteiger partial charge < -0.3 is 24.1 Å². The second kappa shape index (κ2) is 16.6. The number of benzene rings is 6. The molecule has 0 saturated heterocycles. The van der Waals surface area contributed by atoms with Crippen LogP contribution < -0.4 is 18.9 Å². The fourth-order valence-corrected chi connectivity index (χ4v) is 5.15. The summed E-state index contributed by atoms with van der Waals surface area (Å²) < 4.78 is 24.7. The van der Waals surface area contributed by atoms with Crippen LogP contribution in [-0.4, -0.2) is 5.11 Å². The van der Waals surface area contributed by atoms with Crippen molar-refractivity contribution in [1.29, 1.82) is 0 Å². The van der Waals surface area contributed by atoms with E-state index in [-0.39, 0.29) is 5.75 Å². The van der Waals surface area contributed by atoms with Crippen molar-refractivity contribution in [1.82, 2.24) is 0 Å². The molecule has 0 aliphatic carbocycles. The van der Waals surface area contributed by atoms with E-state index in [4.69, 9.17) is 18.9 Å². The molecule has 1 N–H and O–H groups in total. The summed E-state index contributed by atoms with van der Waals surface area (Å²) in [5, 5.41) is 11.2. The monoisotopic (exact) mass is 634 g/mol. The van der Waals surface area contributed by atoms with Crippen LogP contribution >= 0.6 is 0 Å². The Hall–Kier alpha value is -5.94. The van der Waals surface area contributed by atoms with Crippen LogP contribution in [0.25, 0.3) is 6.08 Å². The van der Waals surface area contributed by atoms with Crippen LogP contribution in [0, 0.1) is 0 Å². The maximum absolute atomic E-state index is 11.2. The number of ether oxygens (including phenoxy) is 4. The maximum Gasteiger partial charge on any atom is 0.130 e. The smallest absolute Gasteiger partial charge is 0.130 e. The Balaban J connectivity index is 1.21. The van der Waals surface area contributed by atoms with Gasteiger partial charge in [0.2, 0.25) is 0 Å². The number of rotatable bonds is 15. The number of hydrogen-bond acceptors (Lipinski definition) is 5. The van der Waals surface area contributed by atoms with E-state index in [0.717, 1.165) is 33.6 Å². The molecule has 0 amide bonds. The molecule has 0 aromatic heterocycles. The Morgan fingerprint density at radius 3 is 1.40 bits per heavy atom. The molecule has 0 radical (unpaired) electrons. The molecular weight excluding hydrogens is 596 g/mol. The van der Waals surface area contributed by atoms with Gasteiger partial charge in [-0.3, -0.25) is 0 Å². The zero-order valence-corrected chi connectivity index (χ0v) is 26.7. The normalized spacial score (nSPS) is 10.9. The minimum atomic E-state index is 0.110. The van der Waals surface area contributed by atoms with Gasteiger partial charge in [-0.25, -0.2) is 0 Å². The first-order chi connectivity index (χ1) is 23.7. The predicted octanol–water partition coefficient (Wildman–Crippen LogP) is 9.96. The van der Waals surface area contributed by atoms with E-state index in [9.17, 15) is 5.11 Å². The van der Waals surface area contributed by atoms with Crippen molar-refractivity contribution >= 4 is 6.08 Å². The van der Waals surface area contributed by atoms with E-state index in [0.29, 0.717) is 55.7 Å². The van der Waals surface area contributed by atoms with E-state index in [1.807, 2.05) is 158 Å². The molecule has 5 heteroatoms. The van der Waals surface area contributed by atoms with E-state index < -0.39 is 0 Å². The molecule has 0 heterocycles. The van der Waals surface area contributed by atoms with Crippen molar-refractivity contribution < 1.29 is 24.1 Å². The van der Waals surface area contributed by atoms with Crippen LogP contribution in [0.3, 0.4) is 0 Å². The first-order valence-corrected chi connectivity index (χ1v) is 16.0. The highest BCUT2D eigenvalue weighted by Gasteiger charge is 2.13. The lowest BCUT2D eigenvalue weighted by atomic mass is 10.1. The van der Waals surface area contributed by atoms with Crippen molar-refractivity contribution in [2.24, 2.45) is 0 Å². The van der Waals surface area contributed by atoms with Gasteiger partial charge in [0.1, 0.15) is 55.2 Å². The van der Waals surface area contributed by atoms with Gasteiger partial charge in [0.25, 0.3) is 0 Å². The van der Waals surface area contributed by atoms with Gasteiger partial charge in [0, 0.05) is 29.3 Å². The Kier molecular flexibility index (Phi) is 11.1. The molecule has 240 valence electrons. The van der Waals surface area contributed by atoms with Crippen molar-refractivity contribution in [3.05, 3.63) is 191 Å². The minimum Gasteiger partial charge on any atom is -0.507 e. The lowest BCUT2D eigenvalue weighted by Gasteiger charge is -2.15. The molecule has 6 aromatic carbocycles. The fraction of sp³-hybridized carbons (Fsp3) is 0.116. The summed E-state index contributed by atoms with van der Waals surface area (Å²) in [5.74, 6) is 2.64. The van der Waals surface area contributed by atoms with Crippen LogP contribution in [-0.2, 0) is 32.8 Å². The molecule has 6 aromatic rings. The summed E-state index contributed by atoms with van der Waals surface area (Å²) >= 11 is 0. The van der Waals surface area contributed by atoms with Crippen molar-refractivity contribution in [2.45, 2.75) is 32.8 Å². The van der Waals surface area contributed by atoms with E-state index in [1.165, 1.54) is 0 Å². The van der Waals surface area contributed by atoms with Gasteiger partial charge in [0.05, 0.1) is 0 Å². The van der Waals surface area contributed by atoms with Gasteiger partial charge >= 0.3 is 0 Å². The van der Waals surface area contributed by atoms with E-state index in [2.05, 4.69) is 0 Å². The third-order valence-corrected chi connectivity index (χ3v) is 7.73. The summed E-state index contributed by atoms with van der Waals surface area (Å²) in [6, 6.07) is 49.4. The topological polar surface area (TPSA) is 57.2 Å². The zero-order chi connectivity index (χ0) is 32.8. The number of aromatic hydroxyl groups is 1. The number of allylic oxidation sites excluding steroid dienone is 1. The number of phenolic OH excluding ortho intramolecular Hbond substituents is 1. The minimum absolute atomic E-state index is 0.110. The van der Waals surface area contributed by atoms with Crippen LogP contribution in [0.1, 0.15) is 33.4 Å². The Morgan fingerprint density at radius 2 is 0.875 bits per heavy atom. The first kappa shape index (κ1) is 32.0. The van der Waals surface area contributed by atoms with Crippen LogP contribution in [0.4, 0.5) is 0 Å². The quantitative estimate of drug-likeness (QED) is 0.122. The highest BCUT2D eigenvalue weighted by molar-refractivity contribution is 5.60. The average Bonchev–Trinajstić information content (AvgIpc) is 3.14. The van der Waals surface area contributed by atoms with Crippen molar-refractivity contribution in [3.8, 4) is 28.7 Å². The fourth-order valence-electron chi connectivity index (χ4n) is 5.15. The van der Waals surface area contributed by atoms with E-state index >= 15 is 0 Å². The number of phenols is 1. The van der Waals surface area contributed by atoms with Crippen molar-refractivity contribution in [3.63, 3.8) is 0 Å². The van der Waals surface area contributed by atoms with E-state index in [1.54, 1.807) is 6.07 Å². The third-order valence-electron chi connectivity index (χ3n) is 7.73. The molecule has 5 nitrogen and oxygen atoms in total. The Morgan fingerprint density at radius 1 is 0.438 bits per heavy atom.